The SMILES string of the molecule is CCOc1nc(C)c([N+](=O)[O-])c(NCc2cccnc2)n1. The Balaban J connectivity index is 2.28. The molecule has 2 rings (SSSR count). The number of rotatable bonds is 6. The summed E-state index contributed by atoms with van der Waals surface area (Å²) in [4.78, 5) is 22.7. The van der Waals surface area contributed by atoms with Crippen molar-refractivity contribution in [2.24, 2.45) is 0 Å². The minimum absolute atomic E-state index is 0.120. The standard InChI is InChI=1S/C13H15N5O3/c1-3-21-13-16-9(2)11(18(19)20)12(17-13)15-8-10-5-4-6-14-7-10/h4-7H,3,8H2,1-2H3,(H,15,16,17). The van der Waals surface area contributed by atoms with Crippen molar-refractivity contribution in [2.45, 2.75) is 20.4 Å². The van der Waals surface area contributed by atoms with E-state index in [0.717, 1.165) is 5.56 Å². The first-order valence-electron chi connectivity index (χ1n) is 6.40. The molecule has 0 saturated heterocycles. The Morgan fingerprint density at radius 1 is 1.43 bits per heavy atom. The smallest absolute Gasteiger partial charge is 0.332 e. The third-order valence-corrected chi connectivity index (χ3v) is 2.68. The number of nitrogens with one attached hydrogen (secondary N) is 1. The van der Waals surface area contributed by atoms with Gasteiger partial charge in [-0.05, 0) is 25.5 Å². The molecule has 0 aliphatic carbocycles. The monoisotopic (exact) mass is 289 g/mol. The molecule has 21 heavy (non-hydrogen) atoms. The molecule has 2 aromatic rings. The average Bonchev–Trinajstić information content (AvgIpc) is 2.45. The minimum atomic E-state index is -0.503. The maximum absolute atomic E-state index is 11.2. The summed E-state index contributed by atoms with van der Waals surface area (Å²) in [6, 6.07) is 3.78. The fourth-order valence-corrected chi connectivity index (χ4v) is 1.77. The predicted octanol–water partition coefficient (Wildman–Crippen LogP) is 2.10. The van der Waals surface area contributed by atoms with Crippen molar-refractivity contribution < 1.29 is 9.66 Å². The molecular weight excluding hydrogens is 274 g/mol. The Morgan fingerprint density at radius 2 is 2.24 bits per heavy atom. The van der Waals surface area contributed by atoms with E-state index in [2.05, 4.69) is 20.3 Å². The van der Waals surface area contributed by atoms with Gasteiger partial charge in [-0.15, -0.1) is 0 Å². The lowest BCUT2D eigenvalue weighted by molar-refractivity contribution is -0.385. The number of aryl methyl sites for hydroxylation is 1. The van der Waals surface area contributed by atoms with Crippen LogP contribution in [0.4, 0.5) is 11.5 Å². The summed E-state index contributed by atoms with van der Waals surface area (Å²) in [5, 5.41) is 14.1. The summed E-state index contributed by atoms with van der Waals surface area (Å²) in [6.07, 6.45) is 3.34. The molecule has 0 spiro atoms. The number of hydrogen-bond donors (Lipinski definition) is 1. The summed E-state index contributed by atoms with van der Waals surface area (Å²) in [7, 11) is 0. The zero-order valence-corrected chi connectivity index (χ0v) is 11.7. The van der Waals surface area contributed by atoms with E-state index in [1.54, 1.807) is 32.3 Å². The van der Waals surface area contributed by atoms with Gasteiger partial charge in [-0.25, -0.2) is 0 Å². The molecule has 8 heteroatoms. The van der Waals surface area contributed by atoms with Crippen LogP contribution in [0.3, 0.4) is 0 Å². The molecule has 0 aliphatic heterocycles. The Bertz CT molecular complexity index is 633. The lowest BCUT2D eigenvalue weighted by Crippen LogP contribution is -2.09. The summed E-state index contributed by atoms with van der Waals surface area (Å²) in [5.74, 6) is 0.139. The van der Waals surface area contributed by atoms with Gasteiger partial charge in [0.15, 0.2) is 0 Å². The van der Waals surface area contributed by atoms with E-state index in [-0.39, 0.29) is 23.2 Å². The van der Waals surface area contributed by atoms with Crippen LogP contribution in [0, 0.1) is 17.0 Å². The Kier molecular flexibility index (Phi) is 4.60. The van der Waals surface area contributed by atoms with Crippen molar-refractivity contribution in [1.82, 2.24) is 15.0 Å². The van der Waals surface area contributed by atoms with Crippen LogP contribution in [0.1, 0.15) is 18.2 Å². The van der Waals surface area contributed by atoms with Gasteiger partial charge < -0.3 is 10.1 Å². The van der Waals surface area contributed by atoms with Gasteiger partial charge in [-0.2, -0.15) is 9.97 Å². The van der Waals surface area contributed by atoms with Gasteiger partial charge in [0.1, 0.15) is 5.69 Å². The second-order valence-electron chi connectivity index (χ2n) is 4.19. The van der Waals surface area contributed by atoms with Crippen LogP contribution in [0.2, 0.25) is 0 Å². The van der Waals surface area contributed by atoms with Crippen molar-refractivity contribution >= 4 is 11.5 Å². The average molecular weight is 289 g/mol. The van der Waals surface area contributed by atoms with Crippen LogP contribution in [-0.4, -0.2) is 26.5 Å². The second-order valence-corrected chi connectivity index (χ2v) is 4.19. The molecule has 1 N–H and O–H groups in total. The van der Waals surface area contributed by atoms with Crippen LogP contribution < -0.4 is 10.1 Å². The number of anilines is 1. The third kappa shape index (κ3) is 3.62. The zero-order valence-electron chi connectivity index (χ0n) is 11.7. The van der Waals surface area contributed by atoms with Crippen LogP contribution in [0.15, 0.2) is 24.5 Å². The lowest BCUT2D eigenvalue weighted by Gasteiger charge is -2.09. The Labute approximate surface area is 121 Å². The fraction of sp³-hybridized carbons (Fsp3) is 0.308. The van der Waals surface area contributed by atoms with Gasteiger partial charge in [0.25, 0.3) is 0 Å². The van der Waals surface area contributed by atoms with Gasteiger partial charge >= 0.3 is 11.7 Å². The Hall–Kier alpha value is -2.77. The van der Waals surface area contributed by atoms with E-state index < -0.39 is 4.92 Å². The molecule has 2 heterocycles. The van der Waals surface area contributed by atoms with Crippen LogP contribution >= 0.6 is 0 Å². The van der Waals surface area contributed by atoms with Crippen molar-refractivity contribution in [3.8, 4) is 6.01 Å². The molecule has 2 aromatic heterocycles. The molecule has 0 fully saturated rings. The molecule has 0 atom stereocenters. The highest BCUT2D eigenvalue weighted by molar-refractivity contribution is 5.59. The summed E-state index contributed by atoms with van der Waals surface area (Å²) in [6.45, 7) is 4.11. The molecule has 0 bridgehead atoms. The molecule has 0 aromatic carbocycles. The minimum Gasteiger partial charge on any atom is -0.464 e. The largest absolute Gasteiger partial charge is 0.464 e. The number of aromatic nitrogens is 3. The lowest BCUT2D eigenvalue weighted by atomic mass is 10.3. The highest BCUT2D eigenvalue weighted by atomic mass is 16.6. The normalized spacial score (nSPS) is 10.2. The molecule has 0 radical (unpaired) electrons. The zero-order chi connectivity index (χ0) is 15.2. The predicted molar refractivity (Wildman–Crippen MR) is 76.2 cm³/mol. The van der Waals surface area contributed by atoms with E-state index in [0.29, 0.717) is 13.2 Å². The highest BCUT2D eigenvalue weighted by Gasteiger charge is 2.22. The van der Waals surface area contributed by atoms with E-state index in [1.165, 1.54) is 0 Å². The topological polar surface area (TPSA) is 103 Å². The van der Waals surface area contributed by atoms with Crippen molar-refractivity contribution in [3.63, 3.8) is 0 Å². The second kappa shape index (κ2) is 6.60. The number of nitro groups is 1. The van der Waals surface area contributed by atoms with E-state index >= 15 is 0 Å². The maximum atomic E-state index is 11.2. The quantitative estimate of drug-likeness (QED) is 0.641. The fourth-order valence-electron chi connectivity index (χ4n) is 1.77. The number of ether oxygens (including phenoxy) is 1. The molecule has 0 saturated carbocycles. The van der Waals surface area contributed by atoms with Crippen LogP contribution in [0.5, 0.6) is 6.01 Å². The highest BCUT2D eigenvalue weighted by Crippen LogP contribution is 2.27. The van der Waals surface area contributed by atoms with Crippen LogP contribution in [-0.2, 0) is 6.54 Å². The maximum Gasteiger partial charge on any atom is 0.332 e. The first kappa shape index (κ1) is 14.6. The number of hydrogen-bond acceptors (Lipinski definition) is 7. The van der Waals surface area contributed by atoms with Crippen LogP contribution in [0.25, 0.3) is 0 Å². The number of nitrogens with zero attached hydrogens (tertiary/aromatic N) is 4. The Morgan fingerprint density at radius 3 is 2.86 bits per heavy atom. The molecule has 0 aliphatic rings. The third-order valence-electron chi connectivity index (χ3n) is 2.68. The molecule has 110 valence electrons. The van der Waals surface area contributed by atoms with E-state index in [9.17, 15) is 10.1 Å². The molecular formula is C13H15N5O3. The van der Waals surface area contributed by atoms with Gasteiger partial charge in [-0.1, -0.05) is 6.07 Å². The van der Waals surface area contributed by atoms with Crippen molar-refractivity contribution in [1.29, 1.82) is 0 Å². The van der Waals surface area contributed by atoms with Gasteiger partial charge in [0, 0.05) is 18.9 Å². The van der Waals surface area contributed by atoms with Crippen molar-refractivity contribution in [3.05, 3.63) is 45.9 Å². The van der Waals surface area contributed by atoms with Gasteiger partial charge in [0.05, 0.1) is 11.5 Å². The van der Waals surface area contributed by atoms with E-state index in [4.69, 9.17) is 4.74 Å². The molecule has 0 unspecified atom stereocenters. The number of pyridine rings is 1. The van der Waals surface area contributed by atoms with E-state index in [1.807, 2.05) is 6.07 Å². The molecule has 8 nitrogen and oxygen atoms in total. The summed E-state index contributed by atoms with van der Waals surface area (Å²) < 4.78 is 5.22. The van der Waals surface area contributed by atoms with Crippen molar-refractivity contribution in [2.75, 3.05) is 11.9 Å². The molecule has 0 amide bonds. The van der Waals surface area contributed by atoms with Gasteiger partial charge in [0.2, 0.25) is 5.82 Å². The van der Waals surface area contributed by atoms with Gasteiger partial charge in [-0.3, -0.25) is 15.1 Å². The summed E-state index contributed by atoms with van der Waals surface area (Å²) in [5.41, 5.74) is 0.996. The first-order valence-corrected chi connectivity index (χ1v) is 6.40. The summed E-state index contributed by atoms with van der Waals surface area (Å²) >= 11 is 0. The first-order chi connectivity index (χ1) is 10.1.